The monoisotopic (exact) mass is 510 g/mol. The fourth-order valence-electron chi connectivity index (χ4n) is 5.96. The molecule has 1 saturated heterocycles. The van der Waals surface area contributed by atoms with E-state index >= 15 is 0 Å². The number of pyridine rings is 1. The molecule has 0 N–H and O–H groups in total. The van der Waals surface area contributed by atoms with Gasteiger partial charge in [0.05, 0.1) is 16.7 Å². The first-order valence-electron chi connectivity index (χ1n) is 13.6. The predicted molar refractivity (Wildman–Crippen MR) is 156 cm³/mol. The third-order valence-corrected chi connectivity index (χ3v) is 7.90. The summed E-state index contributed by atoms with van der Waals surface area (Å²) in [5.74, 6) is 1.12. The van der Waals surface area contributed by atoms with Gasteiger partial charge in [-0.3, -0.25) is 4.90 Å². The molecule has 0 spiro atoms. The number of rotatable bonds is 5. The lowest BCUT2D eigenvalue weighted by atomic mass is 9.97. The summed E-state index contributed by atoms with van der Waals surface area (Å²) in [5, 5.41) is 0.944. The molecule has 4 heterocycles. The van der Waals surface area contributed by atoms with Gasteiger partial charge >= 0.3 is 0 Å². The molecule has 3 aromatic carbocycles. The molecule has 0 amide bonds. The van der Waals surface area contributed by atoms with Crippen molar-refractivity contribution in [2.24, 2.45) is 0 Å². The topological polar surface area (TPSA) is 59.7 Å². The van der Waals surface area contributed by atoms with Crippen LogP contribution in [-0.4, -0.2) is 42.5 Å². The van der Waals surface area contributed by atoms with Crippen molar-refractivity contribution in [1.82, 2.24) is 29.4 Å². The SMILES string of the molecule is Cc1nc2ccccc2n1C1CCN(Cc2ccc(-c3nc4ncncc4cc3-c3ccccc3)cc2)CC1. The van der Waals surface area contributed by atoms with E-state index in [0.29, 0.717) is 11.7 Å². The number of hydrogen-bond acceptors (Lipinski definition) is 5. The number of fused-ring (bicyclic) bond motifs is 2. The van der Waals surface area contributed by atoms with Crippen LogP contribution in [0.15, 0.2) is 97.5 Å². The van der Waals surface area contributed by atoms with E-state index in [1.807, 2.05) is 12.3 Å². The summed E-state index contributed by atoms with van der Waals surface area (Å²) in [6.07, 6.45) is 5.67. The summed E-state index contributed by atoms with van der Waals surface area (Å²) in [5.41, 5.74) is 8.67. The number of piperidine rings is 1. The molecule has 6 aromatic rings. The number of aryl methyl sites for hydroxylation is 1. The van der Waals surface area contributed by atoms with Gasteiger partial charge in [0.15, 0.2) is 5.65 Å². The second kappa shape index (κ2) is 10.0. The molecular weight excluding hydrogens is 480 g/mol. The Morgan fingerprint density at radius 1 is 0.821 bits per heavy atom. The molecule has 0 atom stereocenters. The van der Waals surface area contributed by atoms with Gasteiger partial charge in [-0.05, 0) is 49.1 Å². The largest absolute Gasteiger partial charge is 0.325 e. The van der Waals surface area contributed by atoms with Crippen LogP contribution in [0.5, 0.6) is 0 Å². The molecular formula is C33H30N6. The molecule has 192 valence electrons. The molecule has 6 heteroatoms. The van der Waals surface area contributed by atoms with Gasteiger partial charge < -0.3 is 4.57 Å². The maximum Gasteiger partial charge on any atom is 0.163 e. The highest BCUT2D eigenvalue weighted by molar-refractivity contribution is 5.89. The van der Waals surface area contributed by atoms with Crippen LogP contribution < -0.4 is 0 Å². The minimum atomic E-state index is 0.509. The minimum absolute atomic E-state index is 0.509. The molecule has 0 radical (unpaired) electrons. The number of benzene rings is 3. The minimum Gasteiger partial charge on any atom is -0.325 e. The van der Waals surface area contributed by atoms with Gasteiger partial charge in [-0.2, -0.15) is 0 Å². The van der Waals surface area contributed by atoms with Crippen LogP contribution in [0.3, 0.4) is 0 Å². The van der Waals surface area contributed by atoms with Gasteiger partial charge in [0, 0.05) is 48.4 Å². The average molecular weight is 511 g/mol. The van der Waals surface area contributed by atoms with Crippen molar-refractivity contribution in [3.8, 4) is 22.4 Å². The van der Waals surface area contributed by atoms with Crippen molar-refractivity contribution >= 4 is 22.1 Å². The second-order valence-corrected chi connectivity index (χ2v) is 10.4. The van der Waals surface area contributed by atoms with E-state index in [9.17, 15) is 0 Å². The molecule has 1 fully saturated rings. The summed E-state index contributed by atoms with van der Waals surface area (Å²) >= 11 is 0. The Kier molecular flexibility index (Phi) is 6.10. The quantitative estimate of drug-likeness (QED) is 0.254. The molecule has 0 bridgehead atoms. The number of aromatic nitrogens is 5. The second-order valence-electron chi connectivity index (χ2n) is 10.4. The first-order chi connectivity index (χ1) is 19.2. The third-order valence-electron chi connectivity index (χ3n) is 7.90. The standard InChI is InChI=1S/C33H30N6/c1-23-36-30-9-5-6-10-31(30)39(23)28-15-17-38(18-16-28)21-24-11-13-26(14-12-24)32-29(25-7-3-2-4-8-25)19-27-20-34-22-35-33(27)37-32/h2-14,19-20,22,28H,15-18,21H2,1H3. The first kappa shape index (κ1) is 23.7. The number of para-hydroxylation sites is 2. The highest BCUT2D eigenvalue weighted by atomic mass is 15.2. The van der Waals surface area contributed by atoms with E-state index in [0.717, 1.165) is 71.6 Å². The van der Waals surface area contributed by atoms with Crippen molar-refractivity contribution in [2.45, 2.75) is 32.4 Å². The summed E-state index contributed by atoms with van der Waals surface area (Å²) in [7, 11) is 0. The van der Waals surface area contributed by atoms with E-state index in [-0.39, 0.29) is 0 Å². The number of hydrogen-bond donors (Lipinski definition) is 0. The van der Waals surface area contributed by atoms with Crippen LogP contribution in [0.25, 0.3) is 44.5 Å². The third kappa shape index (κ3) is 4.57. The Hall–Kier alpha value is -4.42. The van der Waals surface area contributed by atoms with E-state index in [1.165, 1.54) is 11.1 Å². The zero-order valence-corrected chi connectivity index (χ0v) is 22.0. The summed E-state index contributed by atoms with van der Waals surface area (Å²) in [6, 6.07) is 30.5. The molecule has 7 rings (SSSR count). The number of imidazole rings is 1. The Balaban J connectivity index is 1.09. The van der Waals surface area contributed by atoms with Crippen LogP contribution in [0.4, 0.5) is 0 Å². The lowest BCUT2D eigenvalue weighted by Gasteiger charge is -2.33. The van der Waals surface area contributed by atoms with Gasteiger partial charge in [-0.25, -0.2) is 19.9 Å². The zero-order valence-electron chi connectivity index (χ0n) is 22.0. The van der Waals surface area contributed by atoms with E-state index in [4.69, 9.17) is 9.97 Å². The summed E-state index contributed by atoms with van der Waals surface area (Å²) < 4.78 is 2.45. The van der Waals surface area contributed by atoms with Crippen LogP contribution in [-0.2, 0) is 6.54 Å². The van der Waals surface area contributed by atoms with Gasteiger partial charge in [-0.1, -0.05) is 66.7 Å². The molecule has 1 aliphatic rings. The van der Waals surface area contributed by atoms with Crippen molar-refractivity contribution in [1.29, 1.82) is 0 Å². The molecule has 3 aromatic heterocycles. The molecule has 1 aliphatic heterocycles. The Labute approximate surface area is 228 Å². The van der Waals surface area contributed by atoms with Crippen molar-refractivity contribution in [3.05, 3.63) is 109 Å². The number of nitrogens with zero attached hydrogens (tertiary/aromatic N) is 6. The lowest BCUT2D eigenvalue weighted by Crippen LogP contribution is -2.34. The van der Waals surface area contributed by atoms with Crippen molar-refractivity contribution in [2.75, 3.05) is 13.1 Å². The molecule has 6 nitrogen and oxygen atoms in total. The summed E-state index contributed by atoms with van der Waals surface area (Å²) in [6.45, 7) is 5.26. The maximum absolute atomic E-state index is 4.96. The van der Waals surface area contributed by atoms with Crippen molar-refractivity contribution in [3.63, 3.8) is 0 Å². The maximum atomic E-state index is 4.96. The van der Waals surface area contributed by atoms with Crippen molar-refractivity contribution < 1.29 is 0 Å². The zero-order chi connectivity index (χ0) is 26.2. The molecule has 0 unspecified atom stereocenters. The summed E-state index contributed by atoms with van der Waals surface area (Å²) in [4.78, 5) is 20.9. The Bertz CT molecular complexity index is 1750. The highest BCUT2D eigenvalue weighted by Gasteiger charge is 2.23. The normalized spacial score (nSPS) is 14.8. The van der Waals surface area contributed by atoms with Gasteiger partial charge in [-0.15, -0.1) is 0 Å². The van der Waals surface area contributed by atoms with Crippen LogP contribution in [0, 0.1) is 6.92 Å². The van der Waals surface area contributed by atoms with E-state index < -0.39 is 0 Å². The average Bonchev–Trinajstić information content (AvgIpc) is 3.33. The van der Waals surface area contributed by atoms with E-state index in [2.05, 4.69) is 105 Å². The Morgan fingerprint density at radius 2 is 1.59 bits per heavy atom. The van der Waals surface area contributed by atoms with Crippen LogP contribution in [0.2, 0.25) is 0 Å². The van der Waals surface area contributed by atoms with Crippen LogP contribution >= 0.6 is 0 Å². The molecule has 39 heavy (non-hydrogen) atoms. The predicted octanol–water partition coefficient (Wildman–Crippen LogP) is 6.85. The number of likely N-dealkylation sites (tertiary alicyclic amines) is 1. The van der Waals surface area contributed by atoms with E-state index in [1.54, 1.807) is 6.33 Å². The lowest BCUT2D eigenvalue weighted by molar-refractivity contribution is 0.180. The molecule has 0 aliphatic carbocycles. The first-order valence-corrected chi connectivity index (χ1v) is 13.6. The van der Waals surface area contributed by atoms with Gasteiger partial charge in [0.25, 0.3) is 0 Å². The van der Waals surface area contributed by atoms with Gasteiger partial charge in [0.2, 0.25) is 0 Å². The smallest absolute Gasteiger partial charge is 0.163 e. The fraction of sp³-hybridized carbons (Fsp3) is 0.212. The highest BCUT2D eigenvalue weighted by Crippen LogP contribution is 2.33. The Morgan fingerprint density at radius 3 is 2.41 bits per heavy atom. The fourth-order valence-corrected chi connectivity index (χ4v) is 5.96. The van der Waals surface area contributed by atoms with Crippen LogP contribution in [0.1, 0.15) is 30.3 Å². The molecule has 0 saturated carbocycles. The van der Waals surface area contributed by atoms with Gasteiger partial charge in [0.1, 0.15) is 12.2 Å².